The minimum absolute atomic E-state index is 0.0948. The Balaban J connectivity index is 1.93. The lowest BCUT2D eigenvalue weighted by Gasteiger charge is -2.36. The van der Waals surface area contributed by atoms with E-state index in [0.717, 1.165) is 11.1 Å². The first-order chi connectivity index (χ1) is 15.7. The number of rotatable bonds is 6. The first-order valence-electron chi connectivity index (χ1n) is 10.7. The second-order valence-electron chi connectivity index (χ2n) is 8.38. The summed E-state index contributed by atoms with van der Waals surface area (Å²) in [5.41, 5.74) is 2.44. The van der Waals surface area contributed by atoms with E-state index in [1.54, 1.807) is 4.90 Å². The Bertz CT molecular complexity index is 1040. The third-order valence-electron chi connectivity index (χ3n) is 5.50. The number of esters is 2. The Kier molecular flexibility index (Phi) is 7.48. The van der Waals surface area contributed by atoms with Gasteiger partial charge in [-0.15, -0.1) is 0 Å². The third-order valence-corrected chi connectivity index (χ3v) is 5.50. The number of ether oxygens (including phenoxy) is 2. The van der Waals surface area contributed by atoms with E-state index in [2.05, 4.69) is 5.32 Å². The summed E-state index contributed by atoms with van der Waals surface area (Å²) in [7, 11) is 2.45. The normalized spacial score (nSPS) is 14.9. The highest BCUT2D eigenvalue weighted by Gasteiger charge is 2.34. The van der Waals surface area contributed by atoms with Crippen molar-refractivity contribution in [1.82, 2.24) is 4.90 Å². The molecule has 174 valence electrons. The van der Waals surface area contributed by atoms with E-state index in [1.807, 2.05) is 38.1 Å². The van der Waals surface area contributed by atoms with Gasteiger partial charge in [0.2, 0.25) is 11.8 Å². The highest BCUT2D eigenvalue weighted by atomic mass is 16.5. The smallest absolute Gasteiger partial charge is 0.337 e. The lowest BCUT2D eigenvalue weighted by atomic mass is 9.92. The van der Waals surface area contributed by atoms with Crippen molar-refractivity contribution in [3.8, 4) is 0 Å². The molecule has 1 unspecified atom stereocenters. The van der Waals surface area contributed by atoms with Crippen molar-refractivity contribution in [2.24, 2.45) is 5.92 Å². The molecule has 1 aliphatic rings. The molecule has 1 atom stereocenters. The summed E-state index contributed by atoms with van der Waals surface area (Å²) in [6.45, 7) is 4.25. The molecule has 2 amide bonds. The van der Waals surface area contributed by atoms with Crippen molar-refractivity contribution in [3.05, 3.63) is 64.7 Å². The van der Waals surface area contributed by atoms with Gasteiger partial charge in [-0.3, -0.25) is 9.59 Å². The summed E-state index contributed by atoms with van der Waals surface area (Å²) in [5.74, 6) is -1.66. The molecule has 3 rings (SSSR count). The van der Waals surface area contributed by atoms with Crippen LogP contribution in [0.2, 0.25) is 0 Å². The average molecular weight is 453 g/mol. The predicted octanol–water partition coefficient (Wildman–Crippen LogP) is 3.20. The molecular formula is C25H28N2O6. The second-order valence-corrected chi connectivity index (χ2v) is 8.38. The van der Waals surface area contributed by atoms with Crippen molar-refractivity contribution in [2.45, 2.75) is 39.3 Å². The number of carbonyl (C=O) groups excluding carboxylic acids is 4. The maximum absolute atomic E-state index is 13.3. The van der Waals surface area contributed by atoms with Crippen LogP contribution in [0.15, 0.2) is 42.5 Å². The Morgan fingerprint density at radius 2 is 1.55 bits per heavy atom. The molecule has 0 saturated carbocycles. The molecule has 1 N–H and O–H groups in total. The van der Waals surface area contributed by atoms with E-state index in [4.69, 9.17) is 9.47 Å². The predicted molar refractivity (Wildman–Crippen MR) is 122 cm³/mol. The van der Waals surface area contributed by atoms with Crippen LogP contribution in [0.1, 0.15) is 52.1 Å². The number of carbonyl (C=O) groups is 4. The van der Waals surface area contributed by atoms with Gasteiger partial charge >= 0.3 is 11.9 Å². The van der Waals surface area contributed by atoms with Crippen LogP contribution in [0.5, 0.6) is 0 Å². The first-order valence-corrected chi connectivity index (χ1v) is 10.7. The van der Waals surface area contributed by atoms with Gasteiger partial charge in [0.15, 0.2) is 0 Å². The molecule has 1 heterocycles. The molecule has 0 bridgehead atoms. The van der Waals surface area contributed by atoms with E-state index >= 15 is 0 Å². The largest absolute Gasteiger partial charge is 0.465 e. The van der Waals surface area contributed by atoms with Crippen molar-refractivity contribution >= 4 is 29.4 Å². The van der Waals surface area contributed by atoms with Crippen LogP contribution in [0.25, 0.3) is 0 Å². The zero-order valence-corrected chi connectivity index (χ0v) is 19.2. The monoisotopic (exact) mass is 452 g/mol. The number of anilines is 1. The number of hydrogen-bond donors (Lipinski definition) is 1. The highest BCUT2D eigenvalue weighted by Crippen LogP contribution is 2.26. The van der Waals surface area contributed by atoms with Crippen LogP contribution in [0, 0.1) is 5.92 Å². The number of benzene rings is 2. The van der Waals surface area contributed by atoms with E-state index < -0.39 is 23.9 Å². The van der Waals surface area contributed by atoms with E-state index in [0.29, 0.717) is 19.4 Å². The fourth-order valence-electron chi connectivity index (χ4n) is 3.88. The summed E-state index contributed by atoms with van der Waals surface area (Å²) < 4.78 is 9.50. The molecule has 0 fully saturated rings. The lowest BCUT2D eigenvalue weighted by Crippen LogP contribution is -2.50. The standard InChI is InChI=1S/C25H28N2O6/c1-15(2)9-22(28)27-14-17-8-6-5-7-16(17)13-21(27)23(29)26-20-11-18(24(30)32-3)10-19(12-20)25(31)33-4/h5-8,10-12,15,21H,9,13-14H2,1-4H3,(H,26,29). The van der Waals surface area contributed by atoms with E-state index in [-0.39, 0.29) is 28.6 Å². The molecule has 8 nitrogen and oxygen atoms in total. The van der Waals surface area contributed by atoms with Gasteiger partial charge in [0.25, 0.3) is 0 Å². The summed E-state index contributed by atoms with van der Waals surface area (Å²) in [6, 6.07) is 11.2. The lowest BCUT2D eigenvalue weighted by molar-refractivity contribution is -0.140. The van der Waals surface area contributed by atoms with Gasteiger partial charge in [0.05, 0.1) is 25.3 Å². The fraction of sp³-hybridized carbons (Fsp3) is 0.360. The maximum Gasteiger partial charge on any atom is 0.337 e. The molecule has 0 saturated heterocycles. The molecule has 0 spiro atoms. The second kappa shape index (κ2) is 10.3. The molecule has 2 aromatic carbocycles. The maximum atomic E-state index is 13.3. The Hall–Kier alpha value is -3.68. The van der Waals surface area contributed by atoms with Gasteiger partial charge in [-0.1, -0.05) is 38.1 Å². The number of fused-ring (bicyclic) bond motifs is 1. The molecule has 0 aromatic heterocycles. The minimum atomic E-state index is -0.727. The summed E-state index contributed by atoms with van der Waals surface area (Å²) in [4.78, 5) is 52.0. The average Bonchev–Trinajstić information content (AvgIpc) is 2.81. The van der Waals surface area contributed by atoms with Crippen LogP contribution in [0.4, 0.5) is 5.69 Å². The summed E-state index contributed by atoms with van der Waals surface area (Å²) in [5, 5.41) is 2.77. The number of amides is 2. The molecule has 0 radical (unpaired) electrons. The summed E-state index contributed by atoms with van der Waals surface area (Å²) in [6.07, 6.45) is 0.697. The quantitative estimate of drug-likeness (QED) is 0.676. The SMILES string of the molecule is COC(=O)c1cc(NC(=O)C2Cc3ccccc3CN2C(=O)CC(C)C)cc(C(=O)OC)c1. The number of hydrogen-bond acceptors (Lipinski definition) is 6. The number of nitrogens with zero attached hydrogens (tertiary/aromatic N) is 1. The van der Waals surface area contributed by atoms with Crippen LogP contribution in [-0.4, -0.2) is 48.9 Å². The zero-order valence-electron chi connectivity index (χ0n) is 19.2. The topological polar surface area (TPSA) is 102 Å². The van der Waals surface area contributed by atoms with Gasteiger partial charge in [-0.2, -0.15) is 0 Å². The minimum Gasteiger partial charge on any atom is -0.465 e. The fourth-order valence-corrected chi connectivity index (χ4v) is 3.88. The number of nitrogens with one attached hydrogen (secondary N) is 1. The van der Waals surface area contributed by atoms with Gasteiger partial charge in [-0.25, -0.2) is 9.59 Å². The van der Waals surface area contributed by atoms with Crippen molar-refractivity contribution < 1.29 is 28.7 Å². The van der Waals surface area contributed by atoms with E-state index in [1.165, 1.54) is 32.4 Å². The van der Waals surface area contributed by atoms with Gasteiger partial charge in [0, 0.05) is 25.1 Å². The zero-order chi connectivity index (χ0) is 24.1. The molecular weight excluding hydrogens is 424 g/mol. The molecule has 0 aliphatic carbocycles. The van der Waals surface area contributed by atoms with Crippen molar-refractivity contribution in [2.75, 3.05) is 19.5 Å². The van der Waals surface area contributed by atoms with Gasteiger partial charge in [0.1, 0.15) is 6.04 Å². The summed E-state index contributed by atoms with van der Waals surface area (Å²) >= 11 is 0. The Morgan fingerprint density at radius 1 is 0.970 bits per heavy atom. The third kappa shape index (κ3) is 5.58. The van der Waals surface area contributed by atoms with E-state index in [9.17, 15) is 19.2 Å². The van der Waals surface area contributed by atoms with Crippen LogP contribution < -0.4 is 5.32 Å². The Morgan fingerprint density at radius 3 is 2.09 bits per heavy atom. The van der Waals surface area contributed by atoms with Crippen molar-refractivity contribution in [3.63, 3.8) is 0 Å². The highest BCUT2D eigenvalue weighted by molar-refractivity contribution is 6.01. The van der Waals surface area contributed by atoms with Crippen LogP contribution in [-0.2, 0) is 32.0 Å². The molecule has 33 heavy (non-hydrogen) atoms. The molecule has 8 heteroatoms. The van der Waals surface area contributed by atoms with Gasteiger partial charge in [-0.05, 0) is 35.2 Å². The molecule has 1 aliphatic heterocycles. The first kappa shape index (κ1) is 24.0. The number of methoxy groups -OCH3 is 2. The van der Waals surface area contributed by atoms with Gasteiger partial charge < -0.3 is 19.7 Å². The van der Waals surface area contributed by atoms with Crippen LogP contribution in [0.3, 0.4) is 0 Å². The van der Waals surface area contributed by atoms with Crippen molar-refractivity contribution in [1.29, 1.82) is 0 Å². The van der Waals surface area contributed by atoms with Crippen LogP contribution >= 0.6 is 0 Å². The Labute approximate surface area is 192 Å². The molecule has 2 aromatic rings.